The van der Waals surface area contributed by atoms with Gasteiger partial charge < -0.3 is 20.4 Å². The van der Waals surface area contributed by atoms with Crippen molar-refractivity contribution in [2.75, 3.05) is 25.0 Å². The first kappa shape index (κ1) is 17.9. The van der Waals surface area contributed by atoms with Crippen LogP contribution in [0.15, 0.2) is 54.7 Å². The van der Waals surface area contributed by atoms with Crippen molar-refractivity contribution in [3.63, 3.8) is 0 Å². The van der Waals surface area contributed by atoms with E-state index in [9.17, 15) is 4.79 Å². The van der Waals surface area contributed by atoms with Gasteiger partial charge in [-0.15, -0.1) is 0 Å². The zero-order chi connectivity index (χ0) is 18.2. The van der Waals surface area contributed by atoms with Crippen molar-refractivity contribution < 1.29 is 9.53 Å². The van der Waals surface area contributed by atoms with E-state index < -0.39 is 0 Å². The van der Waals surface area contributed by atoms with E-state index >= 15 is 0 Å². The second-order valence-corrected chi connectivity index (χ2v) is 6.07. The Labute approximate surface area is 153 Å². The fourth-order valence-electron chi connectivity index (χ4n) is 2.97. The summed E-state index contributed by atoms with van der Waals surface area (Å²) in [4.78, 5) is 15.3. The number of amides is 1. The average Bonchev–Trinajstić information content (AvgIpc) is 3.07. The van der Waals surface area contributed by atoms with Crippen molar-refractivity contribution >= 4 is 22.5 Å². The molecular weight excluding hydrogens is 326 g/mol. The molecule has 0 saturated heterocycles. The highest BCUT2D eigenvalue weighted by Crippen LogP contribution is 2.23. The maximum atomic E-state index is 12.0. The molecule has 1 heterocycles. The lowest BCUT2D eigenvalue weighted by Crippen LogP contribution is -2.27. The minimum Gasteiger partial charge on any atom is -0.492 e. The van der Waals surface area contributed by atoms with E-state index in [1.165, 1.54) is 10.9 Å². The molecule has 3 rings (SSSR count). The first-order valence-corrected chi connectivity index (χ1v) is 9.05. The molecule has 0 spiro atoms. The fraction of sp³-hybridized carbons (Fsp3) is 0.286. The van der Waals surface area contributed by atoms with Gasteiger partial charge in [0.25, 0.3) is 0 Å². The Morgan fingerprint density at radius 3 is 2.77 bits per heavy atom. The molecule has 5 heteroatoms. The molecule has 1 amide bonds. The normalized spacial score (nSPS) is 10.7. The van der Waals surface area contributed by atoms with E-state index in [0.29, 0.717) is 26.1 Å². The lowest BCUT2D eigenvalue weighted by Gasteiger charge is -2.12. The number of nitrogens with one attached hydrogen (secondary N) is 3. The average molecular weight is 351 g/mol. The van der Waals surface area contributed by atoms with Gasteiger partial charge >= 0.3 is 0 Å². The van der Waals surface area contributed by atoms with Gasteiger partial charge in [-0.1, -0.05) is 30.3 Å². The molecule has 0 aliphatic carbocycles. The summed E-state index contributed by atoms with van der Waals surface area (Å²) in [6.45, 7) is 3.78. The number of aromatic amines is 1. The van der Waals surface area contributed by atoms with E-state index in [2.05, 4.69) is 27.8 Å². The summed E-state index contributed by atoms with van der Waals surface area (Å²) in [5, 5.41) is 7.47. The molecule has 0 aliphatic heterocycles. The zero-order valence-electron chi connectivity index (χ0n) is 15.0. The summed E-state index contributed by atoms with van der Waals surface area (Å²) >= 11 is 0. The number of para-hydroxylation sites is 3. The predicted molar refractivity (Wildman–Crippen MR) is 106 cm³/mol. The van der Waals surface area contributed by atoms with E-state index in [1.807, 2.05) is 49.5 Å². The third-order valence-electron chi connectivity index (χ3n) is 4.25. The minimum atomic E-state index is 0.0474. The summed E-state index contributed by atoms with van der Waals surface area (Å²) in [5.74, 6) is 0.862. The SMILES string of the molecule is CCOc1ccccc1NCCC(=O)NCCc1c[nH]c2ccccc12. The van der Waals surface area contributed by atoms with Crippen molar-refractivity contribution in [1.82, 2.24) is 10.3 Å². The van der Waals surface area contributed by atoms with Gasteiger partial charge in [-0.3, -0.25) is 4.79 Å². The molecule has 136 valence electrons. The van der Waals surface area contributed by atoms with Crippen LogP contribution in [0.3, 0.4) is 0 Å². The lowest BCUT2D eigenvalue weighted by molar-refractivity contribution is -0.120. The molecule has 1 aromatic heterocycles. The second-order valence-electron chi connectivity index (χ2n) is 6.07. The zero-order valence-corrected chi connectivity index (χ0v) is 15.0. The Morgan fingerprint density at radius 2 is 1.88 bits per heavy atom. The summed E-state index contributed by atoms with van der Waals surface area (Å²) in [7, 11) is 0. The van der Waals surface area contributed by atoms with Gasteiger partial charge in [-0.05, 0) is 37.1 Å². The summed E-state index contributed by atoms with van der Waals surface area (Å²) in [6.07, 6.45) is 3.26. The quantitative estimate of drug-likeness (QED) is 0.550. The first-order valence-electron chi connectivity index (χ1n) is 9.05. The fourth-order valence-corrected chi connectivity index (χ4v) is 2.97. The molecule has 2 aromatic carbocycles. The monoisotopic (exact) mass is 351 g/mol. The van der Waals surface area contributed by atoms with Crippen molar-refractivity contribution in [1.29, 1.82) is 0 Å². The number of rotatable bonds is 9. The highest BCUT2D eigenvalue weighted by molar-refractivity contribution is 5.83. The number of hydrogen-bond donors (Lipinski definition) is 3. The molecular formula is C21H25N3O2. The molecule has 0 atom stereocenters. The number of carbonyl (C=O) groups excluding carboxylic acids is 1. The topological polar surface area (TPSA) is 66.2 Å². The Bertz CT molecular complexity index is 857. The Kier molecular flexibility index (Phi) is 6.14. The van der Waals surface area contributed by atoms with Gasteiger partial charge in [0.1, 0.15) is 5.75 Å². The summed E-state index contributed by atoms with van der Waals surface area (Å²) in [6, 6.07) is 16.0. The smallest absolute Gasteiger partial charge is 0.221 e. The number of ether oxygens (including phenoxy) is 1. The molecule has 0 unspecified atom stereocenters. The number of hydrogen-bond acceptors (Lipinski definition) is 3. The van der Waals surface area contributed by atoms with Crippen LogP contribution in [0.2, 0.25) is 0 Å². The Morgan fingerprint density at radius 1 is 1.08 bits per heavy atom. The largest absolute Gasteiger partial charge is 0.492 e. The number of carbonyl (C=O) groups is 1. The summed E-state index contributed by atoms with van der Waals surface area (Å²) in [5.41, 5.74) is 3.27. The van der Waals surface area contributed by atoms with E-state index in [0.717, 1.165) is 23.4 Å². The van der Waals surface area contributed by atoms with Gasteiger partial charge in [0.15, 0.2) is 0 Å². The van der Waals surface area contributed by atoms with Gasteiger partial charge in [0.2, 0.25) is 5.91 Å². The van der Waals surface area contributed by atoms with Crippen molar-refractivity contribution in [3.05, 3.63) is 60.3 Å². The lowest BCUT2D eigenvalue weighted by atomic mass is 10.1. The molecule has 0 fully saturated rings. The molecule has 0 radical (unpaired) electrons. The van der Waals surface area contributed by atoms with Crippen LogP contribution >= 0.6 is 0 Å². The minimum absolute atomic E-state index is 0.0474. The molecule has 0 aliphatic rings. The third kappa shape index (κ3) is 4.57. The highest BCUT2D eigenvalue weighted by Gasteiger charge is 2.06. The molecule has 0 saturated carbocycles. The number of anilines is 1. The number of fused-ring (bicyclic) bond motifs is 1. The maximum absolute atomic E-state index is 12.0. The van der Waals surface area contributed by atoms with Crippen LogP contribution in [0, 0.1) is 0 Å². The molecule has 3 aromatic rings. The second kappa shape index (κ2) is 8.94. The Hall–Kier alpha value is -2.95. The highest BCUT2D eigenvalue weighted by atomic mass is 16.5. The van der Waals surface area contributed by atoms with Gasteiger partial charge in [-0.2, -0.15) is 0 Å². The van der Waals surface area contributed by atoms with Crippen LogP contribution < -0.4 is 15.4 Å². The van der Waals surface area contributed by atoms with Crippen LogP contribution in [-0.2, 0) is 11.2 Å². The van der Waals surface area contributed by atoms with Crippen molar-refractivity contribution in [2.45, 2.75) is 19.8 Å². The van der Waals surface area contributed by atoms with Crippen LogP contribution in [-0.4, -0.2) is 30.6 Å². The molecule has 3 N–H and O–H groups in total. The van der Waals surface area contributed by atoms with Crippen molar-refractivity contribution in [2.24, 2.45) is 0 Å². The van der Waals surface area contributed by atoms with Gasteiger partial charge in [0.05, 0.1) is 12.3 Å². The third-order valence-corrected chi connectivity index (χ3v) is 4.25. The number of aromatic nitrogens is 1. The predicted octanol–water partition coefficient (Wildman–Crippen LogP) is 3.73. The van der Waals surface area contributed by atoms with Crippen LogP contribution in [0.25, 0.3) is 10.9 Å². The molecule has 0 bridgehead atoms. The number of benzene rings is 2. The van der Waals surface area contributed by atoms with Crippen LogP contribution in [0.4, 0.5) is 5.69 Å². The van der Waals surface area contributed by atoms with Crippen LogP contribution in [0.1, 0.15) is 18.9 Å². The molecule has 26 heavy (non-hydrogen) atoms. The van der Waals surface area contributed by atoms with Crippen molar-refractivity contribution in [3.8, 4) is 5.75 Å². The molecule has 5 nitrogen and oxygen atoms in total. The standard InChI is InChI=1S/C21H25N3O2/c1-2-26-20-10-6-5-9-19(20)22-14-12-21(25)23-13-11-16-15-24-18-8-4-3-7-17(16)18/h3-10,15,22,24H,2,11-14H2,1H3,(H,23,25). The van der Waals surface area contributed by atoms with Crippen LogP contribution in [0.5, 0.6) is 5.75 Å². The van der Waals surface area contributed by atoms with E-state index in [-0.39, 0.29) is 5.91 Å². The summed E-state index contributed by atoms with van der Waals surface area (Å²) < 4.78 is 5.57. The van der Waals surface area contributed by atoms with E-state index in [1.54, 1.807) is 0 Å². The number of H-pyrrole nitrogens is 1. The first-order chi connectivity index (χ1) is 12.8. The van der Waals surface area contributed by atoms with Gasteiger partial charge in [-0.25, -0.2) is 0 Å². The maximum Gasteiger partial charge on any atom is 0.221 e. The van der Waals surface area contributed by atoms with E-state index in [4.69, 9.17) is 4.74 Å². The Balaban J connectivity index is 1.41. The van der Waals surface area contributed by atoms with Gasteiger partial charge in [0, 0.05) is 36.6 Å².